The fourth-order valence-electron chi connectivity index (χ4n) is 5.85. The molecule has 0 radical (unpaired) electrons. The van der Waals surface area contributed by atoms with Gasteiger partial charge in [0.25, 0.3) is 0 Å². The van der Waals surface area contributed by atoms with Gasteiger partial charge in [-0.15, -0.1) is 11.3 Å². The lowest BCUT2D eigenvalue weighted by atomic mass is 9.91. The molecule has 0 saturated carbocycles. The standard InChI is InChI=1S/C34H39ClN4O3S/c1-8-41-19-28(42-34(3,4)5)29-20(2)15-26-31(30(29)21-9-12-23(35)13-10-21)43-33(36-26)22-11-14-27-25(16-22)32(37-38(27)6)39-17-24(18-39)40-7/h9-16,24,28H,8,17-19H2,1-7H3/t28-/m1/s1. The van der Waals surface area contributed by atoms with Gasteiger partial charge in [0.1, 0.15) is 11.1 Å². The van der Waals surface area contributed by atoms with Gasteiger partial charge < -0.3 is 19.1 Å². The lowest BCUT2D eigenvalue weighted by Gasteiger charge is -2.38. The van der Waals surface area contributed by atoms with E-state index >= 15 is 0 Å². The first-order valence-electron chi connectivity index (χ1n) is 14.8. The van der Waals surface area contributed by atoms with Gasteiger partial charge in [0.05, 0.1) is 34.0 Å². The molecule has 5 aromatic rings. The summed E-state index contributed by atoms with van der Waals surface area (Å²) in [5, 5.41) is 7.64. The predicted molar refractivity (Wildman–Crippen MR) is 178 cm³/mol. The lowest BCUT2D eigenvalue weighted by molar-refractivity contribution is -0.0936. The minimum Gasteiger partial charge on any atom is -0.379 e. The Morgan fingerprint density at radius 3 is 2.47 bits per heavy atom. The normalized spacial score (nSPS) is 15.0. The molecule has 1 aliphatic heterocycles. The number of anilines is 1. The van der Waals surface area contributed by atoms with Gasteiger partial charge in [0, 0.05) is 55.4 Å². The summed E-state index contributed by atoms with van der Waals surface area (Å²) in [5.74, 6) is 0.992. The van der Waals surface area contributed by atoms with Crippen LogP contribution in [0.15, 0.2) is 48.5 Å². The van der Waals surface area contributed by atoms with E-state index in [4.69, 9.17) is 35.9 Å². The molecule has 1 atom stereocenters. The number of fused-ring (bicyclic) bond motifs is 2. The second-order valence-electron chi connectivity index (χ2n) is 12.2. The summed E-state index contributed by atoms with van der Waals surface area (Å²) in [4.78, 5) is 7.47. The molecule has 3 heterocycles. The molecule has 226 valence electrons. The first-order valence-corrected chi connectivity index (χ1v) is 16.0. The highest BCUT2D eigenvalue weighted by Gasteiger charge is 2.31. The van der Waals surface area contributed by atoms with E-state index in [1.807, 2.05) is 30.8 Å². The molecule has 43 heavy (non-hydrogen) atoms. The van der Waals surface area contributed by atoms with Crippen molar-refractivity contribution in [3.63, 3.8) is 0 Å². The van der Waals surface area contributed by atoms with Gasteiger partial charge in [-0.3, -0.25) is 4.68 Å². The van der Waals surface area contributed by atoms with E-state index in [1.165, 1.54) is 0 Å². The zero-order chi connectivity index (χ0) is 30.5. The van der Waals surface area contributed by atoms with Gasteiger partial charge in [-0.05, 0) is 87.7 Å². The highest BCUT2D eigenvalue weighted by Crippen LogP contribution is 2.45. The molecule has 9 heteroatoms. The molecule has 7 nitrogen and oxygen atoms in total. The van der Waals surface area contributed by atoms with E-state index < -0.39 is 0 Å². The molecule has 1 fully saturated rings. The van der Waals surface area contributed by atoms with Crippen molar-refractivity contribution in [1.29, 1.82) is 0 Å². The van der Waals surface area contributed by atoms with Crippen LogP contribution in [0.2, 0.25) is 5.02 Å². The first kappa shape index (κ1) is 30.0. The van der Waals surface area contributed by atoms with E-state index in [2.05, 4.69) is 69.0 Å². The van der Waals surface area contributed by atoms with Crippen LogP contribution in [0.3, 0.4) is 0 Å². The van der Waals surface area contributed by atoms with Crippen molar-refractivity contribution in [3.05, 3.63) is 64.7 Å². The summed E-state index contributed by atoms with van der Waals surface area (Å²) < 4.78 is 21.2. The maximum absolute atomic E-state index is 6.66. The van der Waals surface area contributed by atoms with Crippen molar-refractivity contribution >= 4 is 49.9 Å². The molecule has 6 rings (SSSR count). The fourth-order valence-corrected chi connectivity index (χ4v) is 7.10. The highest BCUT2D eigenvalue weighted by molar-refractivity contribution is 7.22. The van der Waals surface area contributed by atoms with Crippen LogP contribution < -0.4 is 4.90 Å². The first-order chi connectivity index (χ1) is 20.6. The number of aromatic nitrogens is 3. The monoisotopic (exact) mass is 618 g/mol. The van der Waals surface area contributed by atoms with E-state index in [9.17, 15) is 0 Å². The van der Waals surface area contributed by atoms with Crippen molar-refractivity contribution in [2.75, 3.05) is 38.3 Å². The van der Waals surface area contributed by atoms with Crippen LogP contribution in [0, 0.1) is 6.92 Å². The number of hydrogen-bond acceptors (Lipinski definition) is 7. The van der Waals surface area contributed by atoms with Gasteiger partial charge in [-0.1, -0.05) is 23.7 Å². The summed E-state index contributed by atoms with van der Waals surface area (Å²) in [6, 6.07) is 16.8. The zero-order valence-electron chi connectivity index (χ0n) is 25.9. The molecule has 3 aromatic carbocycles. The molecule has 0 unspecified atom stereocenters. The Balaban J connectivity index is 1.51. The largest absolute Gasteiger partial charge is 0.379 e. The summed E-state index contributed by atoms with van der Waals surface area (Å²) >= 11 is 8.04. The number of thiazole rings is 1. The number of nitrogens with zero attached hydrogens (tertiary/aromatic N) is 4. The van der Waals surface area contributed by atoms with Gasteiger partial charge in [0.15, 0.2) is 5.82 Å². The predicted octanol–water partition coefficient (Wildman–Crippen LogP) is 8.21. The third-order valence-corrected chi connectivity index (χ3v) is 9.30. The van der Waals surface area contributed by atoms with Crippen molar-refractivity contribution in [1.82, 2.24) is 14.8 Å². The van der Waals surface area contributed by atoms with Crippen LogP contribution in [0.1, 0.15) is 44.9 Å². The Morgan fingerprint density at radius 1 is 1.07 bits per heavy atom. The molecule has 0 aliphatic carbocycles. The second-order valence-corrected chi connectivity index (χ2v) is 13.6. The fraction of sp³-hybridized carbons (Fsp3) is 0.412. The van der Waals surface area contributed by atoms with E-state index in [0.29, 0.717) is 18.2 Å². The van der Waals surface area contributed by atoms with Gasteiger partial charge in [-0.2, -0.15) is 5.10 Å². The quantitative estimate of drug-likeness (QED) is 0.166. The van der Waals surface area contributed by atoms with Crippen LogP contribution in [-0.4, -0.2) is 59.9 Å². The summed E-state index contributed by atoms with van der Waals surface area (Å²) in [5.41, 5.74) is 7.24. The topological polar surface area (TPSA) is 61.6 Å². The van der Waals surface area contributed by atoms with Crippen molar-refractivity contribution in [2.45, 2.75) is 52.4 Å². The van der Waals surface area contributed by atoms with Crippen LogP contribution in [0.25, 0.3) is 42.8 Å². The average molecular weight is 619 g/mol. The van der Waals surface area contributed by atoms with Gasteiger partial charge in [0.2, 0.25) is 0 Å². The molecule has 0 amide bonds. The van der Waals surface area contributed by atoms with Crippen LogP contribution in [0.4, 0.5) is 5.82 Å². The van der Waals surface area contributed by atoms with Gasteiger partial charge >= 0.3 is 0 Å². The zero-order valence-corrected chi connectivity index (χ0v) is 27.5. The maximum atomic E-state index is 6.66. The molecule has 0 N–H and O–H groups in total. The van der Waals surface area contributed by atoms with Crippen molar-refractivity contribution < 1.29 is 14.2 Å². The lowest BCUT2D eigenvalue weighted by Crippen LogP contribution is -2.52. The number of methoxy groups -OCH3 is 1. The second kappa shape index (κ2) is 11.8. The molecular formula is C34H39ClN4O3S. The number of aryl methyl sites for hydroxylation is 2. The van der Waals surface area contributed by atoms with E-state index in [0.717, 1.165) is 72.9 Å². The Hall–Kier alpha value is -3.01. The Labute approximate surface area is 262 Å². The Morgan fingerprint density at radius 2 is 1.79 bits per heavy atom. The van der Waals surface area contributed by atoms with E-state index in [1.54, 1.807) is 18.4 Å². The average Bonchev–Trinajstić information content (AvgIpc) is 3.50. The summed E-state index contributed by atoms with van der Waals surface area (Å²) in [7, 11) is 3.77. The van der Waals surface area contributed by atoms with Crippen LogP contribution >= 0.6 is 22.9 Å². The van der Waals surface area contributed by atoms with Crippen molar-refractivity contribution in [3.8, 4) is 21.7 Å². The number of ether oxygens (including phenoxy) is 3. The highest BCUT2D eigenvalue weighted by atomic mass is 35.5. The van der Waals surface area contributed by atoms with Crippen molar-refractivity contribution in [2.24, 2.45) is 7.05 Å². The van der Waals surface area contributed by atoms with E-state index in [-0.39, 0.29) is 17.8 Å². The number of benzene rings is 3. The van der Waals surface area contributed by atoms with Crippen LogP contribution in [-0.2, 0) is 21.3 Å². The van der Waals surface area contributed by atoms with Gasteiger partial charge in [-0.25, -0.2) is 4.98 Å². The minimum atomic E-state index is -0.351. The molecule has 1 aliphatic rings. The number of hydrogen-bond donors (Lipinski definition) is 0. The van der Waals surface area contributed by atoms with Crippen LogP contribution in [0.5, 0.6) is 0 Å². The maximum Gasteiger partial charge on any atom is 0.158 e. The third kappa shape index (κ3) is 5.91. The Kier molecular flexibility index (Phi) is 8.26. The number of halogens is 1. The minimum absolute atomic E-state index is 0.248. The summed E-state index contributed by atoms with van der Waals surface area (Å²) in [6.07, 6.45) is 0.00405. The summed E-state index contributed by atoms with van der Waals surface area (Å²) in [6.45, 7) is 13.2. The third-order valence-electron chi connectivity index (χ3n) is 7.91. The molecule has 1 saturated heterocycles. The smallest absolute Gasteiger partial charge is 0.158 e. The molecule has 0 spiro atoms. The SMILES string of the molecule is CCOC[C@@H](OC(C)(C)C)c1c(C)cc2nc(-c3ccc4c(c3)c(N3CC(OC)C3)nn4C)sc2c1-c1ccc(Cl)cc1. The number of rotatable bonds is 9. The molecule has 0 bridgehead atoms. The Bertz CT molecular complexity index is 1770. The molecular weight excluding hydrogens is 580 g/mol. The molecule has 2 aromatic heterocycles.